The second-order valence-electron chi connectivity index (χ2n) is 7.41. The van der Waals surface area contributed by atoms with Crippen LogP contribution in [0.3, 0.4) is 0 Å². The van der Waals surface area contributed by atoms with Crippen molar-refractivity contribution in [1.82, 2.24) is 24.9 Å². The smallest absolute Gasteiger partial charge is 0.248 e. The Kier molecular flexibility index (Phi) is 4.65. The molecule has 2 fully saturated rings. The van der Waals surface area contributed by atoms with Crippen LogP contribution in [0.15, 0.2) is 23.0 Å². The first-order chi connectivity index (χ1) is 13.0. The van der Waals surface area contributed by atoms with Gasteiger partial charge in [-0.15, -0.1) is 0 Å². The first kappa shape index (κ1) is 18.0. The van der Waals surface area contributed by atoms with Crippen LogP contribution in [-0.2, 0) is 16.1 Å². The fourth-order valence-electron chi connectivity index (χ4n) is 4.22. The summed E-state index contributed by atoms with van der Waals surface area (Å²) in [5.74, 6) is 0.768. The molecular formula is C18H22FN5O3. The molecule has 27 heavy (non-hydrogen) atoms. The number of likely N-dealkylation sites (tertiary alicyclic amines) is 2. The van der Waals surface area contributed by atoms with Gasteiger partial charge in [0.2, 0.25) is 11.8 Å². The van der Waals surface area contributed by atoms with Gasteiger partial charge in [0.15, 0.2) is 5.82 Å². The molecule has 1 spiro atoms. The number of nitrogens with zero attached hydrogens (tertiary/aromatic N) is 5. The molecule has 0 saturated carbocycles. The average molecular weight is 375 g/mol. The Morgan fingerprint density at radius 1 is 1.44 bits per heavy atom. The van der Waals surface area contributed by atoms with E-state index in [9.17, 15) is 9.18 Å². The predicted molar refractivity (Wildman–Crippen MR) is 92.1 cm³/mol. The van der Waals surface area contributed by atoms with E-state index in [-0.39, 0.29) is 29.7 Å². The highest BCUT2D eigenvalue weighted by atomic mass is 19.1. The van der Waals surface area contributed by atoms with Crippen LogP contribution in [0.5, 0.6) is 0 Å². The molecule has 4 rings (SSSR count). The van der Waals surface area contributed by atoms with Gasteiger partial charge < -0.3 is 14.2 Å². The summed E-state index contributed by atoms with van der Waals surface area (Å²) in [5.41, 5.74) is 0.460. The van der Waals surface area contributed by atoms with Crippen LogP contribution in [0.1, 0.15) is 23.2 Å². The van der Waals surface area contributed by atoms with Gasteiger partial charge in [-0.2, -0.15) is 4.98 Å². The minimum Gasteiger partial charge on any atom is -0.375 e. The van der Waals surface area contributed by atoms with Crippen LogP contribution in [0.4, 0.5) is 4.39 Å². The topological polar surface area (TPSA) is 84.6 Å². The third kappa shape index (κ3) is 3.32. The summed E-state index contributed by atoms with van der Waals surface area (Å²) in [6.45, 7) is 4.95. The van der Waals surface area contributed by atoms with E-state index >= 15 is 0 Å². The molecule has 2 aliphatic heterocycles. The molecule has 2 aliphatic rings. The summed E-state index contributed by atoms with van der Waals surface area (Å²) in [6, 6.07) is 1.70. The Bertz CT molecular complexity index is 836. The Hall–Kier alpha value is -2.39. The van der Waals surface area contributed by atoms with Crippen LogP contribution in [0, 0.1) is 18.2 Å². The number of hydrogen-bond donors (Lipinski definition) is 0. The van der Waals surface area contributed by atoms with Crippen LogP contribution in [0.25, 0.3) is 0 Å². The highest BCUT2D eigenvalue weighted by Gasteiger charge is 2.57. The van der Waals surface area contributed by atoms with E-state index in [0.29, 0.717) is 36.9 Å². The van der Waals surface area contributed by atoms with Crippen molar-refractivity contribution < 1.29 is 18.4 Å². The van der Waals surface area contributed by atoms with E-state index in [1.165, 1.54) is 13.3 Å². The third-order valence-corrected chi connectivity index (χ3v) is 5.44. The van der Waals surface area contributed by atoms with Gasteiger partial charge in [-0.1, -0.05) is 5.16 Å². The van der Waals surface area contributed by atoms with Gasteiger partial charge in [-0.05, 0) is 13.0 Å². The monoisotopic (exact) mass is 375 g/mol. The molecule has 2 saturated heterocycles. The standard InChI is InChI=1S/C18H22FN5O3/c1-12-21-17(27-22-12)14-7-24(16(25)8-26-2)11-18(14)9-23(10-18)6-13-3-4-20-5-15(13)19/h3-5,14H,6-11H2,1-2H3. The fraction of sp³-hybridized carbons (Fsp3) is 0.556. The zero-order valence-corrected chi connectivity index (χ0v) is 15.4. The number of aryl methyl sites for hydroxylation is 1. The van der Waals surface area contributed by atoms with Crippen molar-refractivity contribution >= 4 is 5.91 Å². The number of amides is 1. The Balaban J connectivity index is 1.51. The molecule has 0 aliphatic carbocycles. The summed E-state index contributed by atoms with van der Waals surface area (Å²) < 4.78 is 24.3. The number of halogens is 1. The lowest BCUT2D eigenvalue weighted by Crippen LogP contribution is -2.59. The maximum atomic E-state index is 13.9. The second kappa shape index (κ2) is 6.97. The highest BCUT2D eigenvalue weighted by molar-refractivity contribution is 5.78. The molecule has 0 radical (unpaired) electrons. The Morgan fingerprint density at radius 2 is 2.26 bits per heavy atom. The van der Waals surface area contributed by atoms with Gasteiger partial charge >= 0.3 is 0 Å². The molecule has 1 unspecified atom stereocenters. The number of hydrogen-bond acceptors (Lipinski definition) is 7. The number of aromatic nitrogens is 3. The van der Waals surface area contributed by atoms with E-state index in [2.05, 4.69) is 20.0 Å². The van der Waals surface area contributed by atoms with Crippen LogP contribution < -0.4 is 0 Å². The van der Waals surface area contributed by atoms with Crippen molar-refractivity contribution in [3.8, 4) is 0 Å². The molecule has 0 bridgehead atoms. The number of ether oxygens (including phenoxy) is 1. The molecule has 1 amide bonds. The van der Waals surface area contributed by atoms with Crippen LogP contribution in [0.2, 0.25) is 0 Å². The van der Waals surface area contributed by atoms with Crippen molar-refractivity contribution in [2.45, 2.75) is 19.4 Å². The van der Waals surface area contributed by atoms with E-state index in [4.69, 9.17) is 9.26 Å². The molecule has 144 valence electrons. The zero-order chi connectivity index (χ0) is 19.0. The van der Waals surface area contributed by atoms with Crippen molar-refractivity contribution in [1.29, 1.82) is 0 Å². The van der Waals surface area contributed by atoms with Gasteiger partial charge in [-0.3, -0.25) is 14.7 Å². The number of methoxy groups -OCH3 is 1. The first-order valence-electron chi connectivity index (χ1n) is 8.88. The molecule has 8 nitrogen and oxygen atoms in total. The van der Waals surface area contributed by atoms with Crippen LogP contribution >= 0.6 is 0 Å². The summed E-state index contributed by atoms with van der Waals surface area (Å²) >= 11 is 0. The maximum Gasteiger partial charge on any atom is 0.248 e. The van der Waals surface area contributed by atoms with Crippen molar-refractivity contribution in [3.63, 3.8) is 0 Å². The van der Waals surface area contributed by atoms with E-state index in [1.54, 1.807) is 24.1 Å². The lowest BCUT2D eigenvalue weighted by Gasteiger charge is -2.50. The lowest BCUT2D eigenvalue weighted by atomic mass is 9.71. The van der Waals surface area contributed by atoms with Crippen LogP contribution in [-0.4, -0.2) is 70.7 Å². The SMILES string of the molecule is COCC(=O)N1CC(c2nc(C)no2)C2(CN(Cc3ccncc3F)C2)C1. The quantitative estimate of drug-likeness (QED) is 0.770. The number of carbonyl (C=O) groups excluding carboxylic acids is 1. The molecule has 9 heteroatoms. The molecule has 0 aromatic carbocycles. The Morgan fingerprint density at radius 3 is 2.93 bits per heavy atom. The lowest BCUT2D eigenvalue weighted by molar-refractivity contribution is -0.135. The predicted octanol–water partition coefficient (Wildman–Crippen LogP) is 0.987. The number of carbonyl (C=O) groups is 1. The fourth-order valence-corrected chi connectivity index (χ4v) is 4.22. The molecule has 2 aromatic rings. The number of pyridine rings is 1. The third-order valence-electron chi connectivity index (χ3n) is 5.44. The highest BCUT2D eigenvalue weighted by Crippen LogP contribution is 2.49. The van der Waals surface area contributed by atoms with Crippen molar-refractivity contribution in [2.75, 3.05) is 39.9 Å². The van der Waals surface area contributed by atoms with Crippen molar-refractivity contribution in [3.05, 3.63) is 41.6 Å². The van der Waals surface area contributed by atoms with Gasteiger partial charge in [0.25, 0.3) is 0 Å². The zero-order valence-electron chi connectivity index (χ0n) is 15.4. The minimum absolute atomic E-state index is 0.0296. The van der Waals surface area contributed by atoms with Crippen molar-refractivity contribution in [2.24, 2.45) is 5.41 Å². The maximum absolute atomic E-state index is 13.9. The van der Waals surface area contributed by atoms with Gasteiger partial charge in [0.1, 0.15) is 12.4 Å². The molecule has 0 N–H and O–H groups in total. The molecule has 2 aromatic heterocycles. The van der Waals surface area contributed by atoms with Gasteiger partial charge in [-0.25, -0.2) is 4.39 Å². The van der Waals surface area contributed by atoms with E-state index in [0.717, 1.165) is 13.1 Å². The molecular weight excluding hydrogens is 353 g/mol. The van der Waals surface area contributed by atoms with E-state index < -0.39 is 0 Å². The summed E-state index contributed by atoms with van der Waals surface area (Å²) in [5, 5.41) is 3.91. The number of rotatable bonds is 5. The molecule has 4 heterocycles. The van der Waals surface area contributed by atoms with E-state index in [1.807, 2.05) is 0 Å². The van der Waals surface area contributed by atoms with Gasteiger partial charge in [0.05, 0.1) is 12.1 Å². The average Bonchev–Trinajstić information content (AvgIpc) is 3.20. The summed E-state index contributed by atoms with van der Waals surface area (Å²) in [7, 11) is 1.51. The normalized spacial score (nSPS) is 21.6. The van der Waals surface area contributed by atoms with Gasteiger partial charge in [0, 0.05) is 57.0 Å². The summed E-state index contributed by atoms with van der Waals surface area (Å²) in [6.07, 6.45) is 2.83. The largest absolute Gasteiger partial charge is 0.375 e. The second-order valence-corrected chi connectivity index (χ2v) is 7.41. The summed E-state index contributed by atoms with van der Waals surface area (Å²) in [4.78, 5) is 24.5. The Labute approximate surface area is 156 Å². The first-order valence-corrected chi connectivity index (χ1v) is 8.88. The molecule has 1 atom stereocenters. The minimum atomic E-state index is -0.300.